The Bertz CT molecular complexity index is 632. The van der Waals surface area contributed by atoms with E-state index in [1.807, 2.05) is 25.1 Å². The molecule has 0 unspecified atom stereocenters. The summed E-state index contributed by atoms with van der Waals surface area (Å²) in [6.07, 6.45) is 1.67. The lowest BCUT2D eigenvalue weighted by molar-refractivity contribution is 0.311. The van der Waals surface area contributed by atoms with Gasteiger partial charge < -0.3 is 14.8 Å². The van der Waals surface area contributed by atoms with E-state index in [4.69, 9.17) is 9.47 Å². The van der Waals surface area contributed by atoms with Crippen molar-refractivity contribution in [1.29, 1.82) is 0 Å². The molecule has 0 saturated carbocycles. The molecule has 1 aromatic heterocycles. The maximum atomic E-state index is 5.57. The highest BCUT2D eigenvalue weighted by Crippen LogP contribution is 2.31. The van der Waals surface area contributed by atoms with Gasteiger partial charge in [-0.1, -0.05) is 13.8 Å². The summed E-state index contributed by atoms with van der Waals surface area (Å²) >= 11 is 0. The number of rotatable bonds is 7. The maximum absolute atomic E-state index is 5.57. The number of benzene rings is 1. The number of anilines is 2. The number of hydrogen-bond donors (Lipinski definition) is 1. The van der Waals surface area contributed by atoms with E-state index < -0.39 is 0 Å². The lowest BCUT2D eigenvalue weighted by Gasteiger charge is -2.12. The van der Waals surface area contributed by atoms with Crippen LogP contribution in [0.25, 0.3) is 0 Å². The summed E-state index contributed by atoms with van der Waals surface area (Å²) in [7, 11) is 1.62. The van der Waals surface area contributed by atoms with E-state index in [-0.39, 0.29) is 0 Å². The first-order valence-electron chi connectivity index (χ1n) is 7.52. The van der Waals surface area contributed by atoms with Gasteiger partial charge in [0, 0.05) is 11.8 Å². The number of hydrogen-bond acceptors (Lipinski definition) is 6. The van der Waals surface area contributed by atoms with Crippen molar-refractivity contribution in [1.82, 2.24) is 15.2 Å². The number of aromatic nitrogens is 3. The lowest BCUT2D eigenvalue weighted by Crippen LogP contribution is -2.06. The fraction of sp³-hybridized carbons (Fsp3) is 0.438. The molecule has 0 bridgehead atoms. The van der Waals surface area contributed by atoms with Gasteiger partial charge in [-0.15, -0.1) is 10.2 Å². The third-order valence-corrected chi connectivity index (χ3v) is 3.23. The quantitative estimate of drug-likeness (QED) is 0.847. The predicted octanol–water partition coefficient (Wildman–Crippen LogP) is 3.15. The molecule has 1 N–H and O–H groups in total. The van der Waals surface area contributed by atoms with E-state index in [1.54, 1.807) is 7.11 Å². The van der Waals surface area contributed by atoms with Crippen LogP contribution in [0.3, 0.4) is 0 Å². The molecule has 0 saturated heterocycles. The van der Waals surface area contributed by atoms with Crippen LogP contribution in [0.4, 0.5) is 11.6 Å². The fourth-order valence-electron chi connectivity index (χ4n) is 2.14. The summed E-state index contributed by atoms with van der Waals surface area (Å²) in [4.78, 5) is 4.52. The summed E-state index contributed by atoms with van der Waals surface area (Å²) in [6.45, 7) is 6.62. The van der Waals surface area contributed by atoms with E-state index in [1.165, 1.54) is 0 Å². The first kappa shape index (κ1) is 16.0. The van der Waals surface area contributed by atoms with Crippen molar-refractivity contribution in [2.75, 3.05) is 19.0 Å². The van der Waals surface area contributed by atoms with Gasteiger partial charge in [0.1, 0.15) is 0 Å². The normalized spacial score (nSPS) is 10.4. The molecule has 1 heterocycles. The van der Waals surface area contributed by atoms with Crippen molar-refractivity contribution in [3.05, 3.63) is 29.6 Å². The van der Waals surface area contributed by atoms with Crippen molar-refractivity contribution in [3.8, 4) is 11.5 Å². The van der Waals surface area contributed by atoms with E-state index in [9.17, 15) is 0 Å². The molecule has 0 aliphatic rings. The maximum Gasteiger partial charge on any atom is 0.247 e. The van der Waals surface area contributed by atoms with E-state index in [2.05, 4.69) is 34.3 Å². The number of methoxy groups -OCH3 is 1. The molecule has 22 heavy (non-hydrogen) atoms. The Morgan fingerprint density at radius 3 is 2.41 bits per heavy atom. The van der Waals surface area contributed by atoms with Crippen LogP contribution >= 0.6 is 0 Å². The molecule has 0 aliphatic carbocycles. The van der Waals surface area contributed by atoms with Crippen LogP contribution < -0.4 is 14.8 Å². The number of nitrogens with zero attached hydrogens (tertiary/aromatic N) is 3. The molecule has 118 valence electrons. The Morgan fingerprint density at radius 2 is 1.77 bits per heavy atom. The highest BCUT2D eigenvalue weighted by molar-refractivity contribution is 5.59. The predicted molar refractivity (Wildman–Crippen MR) is 86.0 cm³/mol. The van der Waals surface area contributed by atoms with E-state index in [0.717, 1.165) is 29.9 Å². The average molecular weight is 302 g/mol. The third kappa shape index (κ3) is 3.63. The second-order valence-electron chi connectivity index (χ2n) is 4.66. The number of nitrogens with one attached hydrogen (secondary N) is 1. The van der Waals surface area contributed by atoms with Crippen LogP contribution in [0.15, 0.2) is 18.2 Å². The van der Waals surface area contributed by atoms with Crippen LogP contribution in [0, 0.1) is 0 Å². The average Bonchev–Trinajstić information content (AvgIpc) is 2.55. The molecule has 0 spiro atoms. The SMILES string of the molecule is CCOc1cc(Nc2nnc(CC)c(CC)n2)ccc1OC. The second kappa shape index (κ2) is 7.59. The second-order valence-corrected chi connectivity index (χ2v) is 4.66. The summed E-state index contributed by atoms with van der Waals surface area (Å²) in [5.74, 6) is 1.87. The Hall–Kier alpha value is -2.37. The number of ether oxygens (including phenoxy) is 2. The van der Waals surface area contributed by atoms with Crippen molar-refractivity contribution >= 4 is 11.6 Å². The van der Waals surface area contributed by atoms with Crippen molar-refractivity contribution in [2.24, 2.45) is 0 Å². The standard InChI is InChI=1S/C16H22N4O2/c1-5-12-13(6-2)19-20-16(18-12)17-11-8-9-14(21-4)15(10-11)22-7-3/h8-10H,5-7H2,1-4H3,(H,17,18,20). The van der Waals surface area contributed by atoms with Crippen LogP contribution in [-0.4, -0.2) is 28.9 Å². The Morgan fingerprint density at radius 1 is 1.00 bits per heavy atom. The molecule has 6 heteroatoms. The van der Waals surface area contributed by atoms with Crippen LogP contribution in [0.2, 0.25) is 0 Å². The molecule has 2 aromatic rings. The van der Waals surface area contributed by atoms with Gasteiger partial charge in [0.25, 0.3) is 0 Å². The van der Waals surface area contributed by atoms with Gasteiger partial charge in [-0.25, -0.2) is 4.98 Å². The summed E-state index contributed by atoms with van der Waals surface area (Å²) < 4.78 is 10.8. The van der Waals surface area contributed by atoms with E-state index in [0.29, 0.717) is 24.1 Å². The highest BCUT2D eigenvalue weighted by Gasteiger charge is 2.09. The summed E-state index contributed by atoms with van der Waals surface area (Å²) in [5, 5.41) is 11.5. The van der Waals surface area contributed by atoms with Crippen molar-refractivity contribution in [3.63, 3.8) is 0 Å². The fourth-order valence-corrected chi connectivity index (χ4v) is 2.14. The molecular weight excluding hydrogens is 280 g/mol. The van der Waals surface area contributed by atoms with Gasteiger partial charge in [-0.3, -0.25) is 0 Å². The molecular formula is C16H22N4O2. The molecule has 1 aromatic carbocycles. The van der Waals surface area contributed by atoms with Gasteiger partial charge in [-0.2, -0.15) is 0 Å². The zero-order valence-electron chi connectivity index (χ0n) is 13.5. The smallest absolute Gasteiger partial charge is 0.247 e. The molecule has 6 nitrogen and oxygen atoms in total. The third-order valence-electron chi connectivity index (χ3n) is 3.23. The van der Waals surface area contributed by atoms with Gasteiger partial charge in [0.15, 0.2) is 11.5 Å². The highest BCUT2D eigenvalue weighted by atomic mass is 16.5. The van der Waals surface area contributed by atoms with Crippen LogP contribution in [0.5, 0.6) is 11.5 Å². The Kier molecular flexibility index (Phi) is 5.52. The van der Waals surface area contributed by atoms with E-state index >= 15 is 0 Å². The minimum atomic E-state index is 0.488. The number of aryl methyl sites for hydroxylation is 2. The van der Waals surface area contributed by atoms with Crippen LogP contribution in [-0.2, 0) is 12.8 Å². The monoisotopic (exact) mass is 302 g/mol. The minimum absolute atomic E-state index is 0.488. The van der Waals surface area contributed by atoms with Gasteiger partial charge in [0.05, 0.1) is 25.1 Å². The molecule has 0 radical (unpaired) electrons. The Balaban J connectivity index is 2.25. The minimum Gasteiger partial charge on any atom is -0.493 e. The molecule has 0 fully saturated rings. The largest absolute Gasteiger partial charge is 0.493 e. The molecule has 0 amide bonds. The topological polar surface area (TPSA) is 69.2 Å². The van der Waals surface area contributed by atoms with Crippen molar-refractivity contribution in [2.45, 2.75) is 33.6 Å². The molecule has 0 aliphatic heterocycles. The summed E-state index contributed by atoms with van der Waals surface area (Å²) in [6, 6.07) is 5.61. The first-order valence-corrected chi connectivity index (χ1v) is 7.52. The molecule has 0 atom stereocenters. The van der Waals surface area contributed by atoms with Crippen LogP contribution in [0.1, 0.15) is 32.2 Å². The molecule has 2 rings (SSSR count). The zero-order valence-corrected chi connectivity index (χ0v) is 13.5. The van der Waals surface area contributed by atoms with Gasteiger partial charge >= 0.3 is 0 Å². The zero-order chi connectivity index (χ0) is 15.9. The van der Waals surface area contributed by atoms with Gasteiger partial charge in [0.2, 0.25) is 5.95 Å². The van der Waals surface area contributed by atoms with Crippen molar-refractivity contribution < 1.29 is 9.47 Å². The first-order chi connectivity index (χ1) is 10.7. The lowest BCUT2D eigenvalue weighted by atomic mass is 10.2. The van der Waals surface area contributed by atoms with Gasteiger partial charge in [-0.05, 0) is 31.9 Å². The summed E-state index contributed by atoms with van der Waals surface area (Å²) in [5.41, 5.74) is 2.74. The Labute approximate surface area is 130 Å².